The molecule has 0 aromatic rings. The summed E-state index contributed by atoms with van der Waals surface area (Å²) in [5, 5.41) is 1.52. The highest BCUT2D eigenvalue weighted by molar-refractivity contribution is 8.01. The van der Waals surface area contributed by atoms with Crippen LogP contribution in [0.15, 0.2) is 24.3 Å². The highest BCUT2D eigenvalue weighted by Gasteiger charge is 2.17. The quantitative estimate of drug-likeness (QED) is 0.635. The fraction of sp³-hybridized carbons (Fsp3) is 0.545. The van der Waals surface area contributed by atoms with Crippen molar-refractivity contribution in [2.24, 2.45) is 5.92 Å². The van der Waals surface area contributed by atoms with Crippen molar-refractivity contribution >= 4 is 11.8 Å². The minimum Gasteiger partial charge on any atom is -0.152 e. The van der Waals surface area contributed by atoms with Gasteiger partial charge in [-0.2, -0.15) is 11.8 Å². The molecule has 1 unspecified atom stereocenters. The van der Waals surface area contributed by atoms with Gasteiger partial charge in [0.25, 0.3) is 0 Å². The second-order valence-corrected chi connectivity index (χ2v) is 3.98. The van der Waals surface area contributed by atoms with Gasteiger partial charge in [0.1, 0.15) is 0 Å². The van der Waals surface area contributed by atoms with Crippen LogP contribution in [-0.2, 0) is 0 Å². The third kappa shape index (κ3) is 2.71. The maximum atomic E-state index is 2.32. The van der Waals surface area contributed by atoms with E-state index in [9.17, 15) is 0 Å². The first-order chi connectivity index (χ1) is 5.88. The fourth-order valence-electron chi connectivity index (χ4n) is 1.45. The Morgan fingerprint density at radius 3 is 2.92 bits per heavy atom. The summed E-state index contributed by atoms with van der Waals surface area (Å²) in [6.07, 6.45) is 15.0. The summed E-state index contributed by atoms with van der Waals surface area (Å²) in [6.45, 7) is 2.25. The van der Waals surface area contributed by atoms with E-state index in [1.165, 1.54) is 24.5 Å². The van der Waals surface area contributed by atoms with Crippen LogP contribution in [0.25, 0.3) is 0 Å². The first-order valence-corrected chi connectivity index (χ1v) is 5.86. The molecule has 1 heteroatoms. The number of hydrogen-bond acceptors (Lipinski definition) is 1. The fourth-order valence-corrected chi connectivity index (χ4v) is 2.16. The van der Waals surface area contributed by atoms with E-state index in [1.807, 2.05) is 11.8 Å². The van der Waals surface area contributed by atoms with Crippen LogP contribution in [0.4, 0.5) is 0 Å². The Bertz CT molecular complexity index is 170. The van der Waals surface area contributed by atoms with Gasteiger partial charge in [-0.1, -0.05) is 44.1 Å². The molecule has 67 valence electrons. The summed E-state index contributed by atoms with van der Waals surface area (Å²) in [5.41, 5.74) is 0. The van der Waals surface area contributed by atoms with Crippen LogP contribution in [0.3, 0.4) is 0 Å². The van der Waals surface area contributed by atoms with Crippen molar-refractivity contribution in [2.45, 2.75) is 26.2 Å². The maximum Gasteiger partial charge on any atom is 0.0589 e. The molecule has 0 saturated heterocycles. The lowest BCUT2D eigenvalue weighted by Crippen LogP contribution is -2.06. The Balaban J connectivity index is 2.39. The summed E-state index contributed by atoms with van der Waals surface area (Å²) in [4.78, 5) is 0. The van der Waals surface area contributed by atoms with Gasteiger partial charge in [-0.3, -0.25) is 0 Å². The molecule has 0 spiro atoms. The van der Waals surface area contributed by atoms with Crippen LogP contribution in [0, 0.1) is 11.2 Å². The summed E-state index contributed by atoms with van der Waals surface area (Å²) < 4.78 is 0. The molecular weight excluding hydrogens is 164 g/mol. The molecule has 0 fully saturated rings. The predicted molar refractivity (Wildman–Crippen MR) is 58.1 cm³/mol. The van der Waals surface area contributed by atoms with Crippen LogP contribution in [0.5, 0.6) is 0 Å². The van der Waals surface area contributed by atoms with E-state index in [0.29, 0.717) is 5.92 Å². The number of rotatable bonds is 4. The van der Waals surface area contributed by atoms with Crippen molar-refractivity contribution in [1.82, 2.24) is 0 Å². The summed E-state index contributed by atoms with van der Waals surface area (Å²) >= 11 is 1.88. The van der Waals surface area contributed by atoms with Crippen molar-refractivity contribution in [3.63, 3.8) is 0 Å². The van der Waals surface area contributed by atoms with Gasteiger partial charge in [-0.05, 0) is 18.6 Å². The molecule has 1 aliphatic carbocycles. The number of allylic oxidation sites excluding steroid dienone is 3. The van der Waals surface area contributed by atoms with E-state index >= 15 is 0 Å². The van der Waals surface area contributed by atoms with Crippen LogP contribution >= 0.6 is 11.8 Å². The third-order valence-electron chi connectivity index (χ3n) is 2.18. The Kier molecular flexibility index (Phi) is 4.52. The molecule has 12 heavy (non-hydrogen) atoms. The smallest absolute Gasteiger partial charge is 0.0589 e. The van der Waals surface area contributed by atoms with Crippen LogP contribution in [-0.4, -0.2) is 6.26 Å². The first kappa shape index (κ1) is 9.91. The van der Waals surface area contributed by atoms with E-state index in [4.69, 9.17) is 0 Å². The third-order valence-corrected chi connectivity index (χ3v) is 3.10. The molecule has 1 rings (SSSR count). The van der Waals surface area contributed by atoms with Crippen molar-refractivity contribution < 1.29 is 0 Å². The van der Waals surface area contributed by atoms with Crippen molar-refractivity contribution in [1.29, 1.82) is 0 Å². The number of hydrogen-bond donors (Lipinski definition) is 0. The van der Waals surface area contributed by atoms with Gasteiger partial charge in [0.2, 0.25) is 0 Å². The predicted octanol–water partition coefficient (Wildman–Crippen LogP) is 3.81. The van der Waals surface area contributed by atoms with Crippen molar-refractivity contribution in [3.8, 4) is 0 Å². The molecule has 0 heterocycles. The largest absolute Gasteiger partial charge is 0.152 e. The molecule has 0 aromatic carbocycles. The van der Waals surface area contributed by atoms with E-state index in [-0.39, 0.29) is 0 Å². The minimum absolute atomic E-state index is 0.699. The lowest BCUT2D eigenvalue weighted by Gasteiger charge is -2.20. The molecule has 0 aliphatic heterocycles. The van der Waals surface area contributed by atoms with Gasteiger partial charge in [-0.15, -0.1) is 0 Å². The maximum absolute atomic E-state index is 2.32. The molecular formula is C11H17S. The molecule has 0 nitrogen and oxygen atoms in total. The van der Waals surface area contributed by atoms with Crippen molar-refractivity contribution in [3.05, 3.63) is 29.6 Å². The molecule has 1 atom stereocenters. The second-order valence-electron chi connectivity index (χ2n) is 3.10. The molecule has 0 saturated carbocycles. The Hall–Kier alpha value is -0.170. The molecule has 0 bridgehead atoms. The van der Waals surface area contributed by atoms with E-state index in [2.05, 4.69) is 37.5 Å². The number of thioether (sulfide) groups is 1. The number of unbranched alkanes of at least 4 members (excludes halogenated alkanes) is 1. The van der Waals surface area contributed by atoms with Gasteiger partial charge in [0.05, 0.1) is 5.25 Å². The zero-order chi connectivity index (χ0) is 8.81. The lowest BCUT2D eigenvalue weighted by molar-refractivity contribution is 0.611. The first-order valence-electron chi connectivity index (χ1n) is 4.64. The standard InChI is InChI=1S/C11H17S/c1-3-4-7-10-8-5-6-9-11(10)12-2/h5-6,8-10H,3-4,7H2,1-2H3. The second kappa shape index (κ2) is 5.47. The van der Waals surface area contributed by atoms with Gasteiger partial charge in [0.15, 0.2) is 0 Å². The highest BCUT2D eigenvalue weighted by atomic mass is 32.2. The highest BCUT2D eigenvalue weighted by Crippen LogP contribution is 2.33. The molecule has 1 aliphatic rings. The molecule has 0 amide bonds. The van der Waals surface area contributed by atoms with Gasteiger partial charge in [0, 0.05) is 0 Å². The monoisotopic (exact) mass is 181 g/mol. The van der Waals surface area contributed by atoms with E-state index in [0.717, 1.165) is 0 Å². The molecule has 0 N–H and O–H groups in total. The van der Waals surface area contributed by atoms with Crippen LogP contribution in [0.2, 0.25) is 0 Å². The van der Waals surface area contributed by atoms with E-state index in [1.54, 1.807) is 0 Å². The average Bonchev–Trinajstić information content (AvgIpc) is 2.15. The Morgan fingerprint density at radius 1 is 1.42 bits per heavy atom. The molecule has 1 radical (unpaired) electrons. The van der Waals surface area contributed by atoms with Gasteiger partial charge in [-0.25, -0.2) is 0 Å². The van der Waals surface area contributed by atoms with Crippen LogP contribution < -0.4 is 0 Å². The normalized spacial score (nSPS) is 23.3. The van der Waals surface area contributed by atoms with Gasteiger partial charge < -0.3 is 0 Å². The van der Waals surface area contributed by atoms with Crippen molar-refractivity contribution in [2.75, 3.05) is 6.26 Å². The minimum atomic E-state index is 0.699. The average molecular weight is 181 g/mol. The Labute approximate surface area is 80.1 Å². The van der Waals surface area contributed by atoms with Gasteiger partial charge >= 0.3 is 0 Å². The zero-order valence-electron chi connectivity index (χ0n) is 7.92. The zero-order valence-corrected chi connectivity index (χ0v) is 8.73. The summed E-state index contributed by atoms with van der Waals surface area (Å²) in [5.74, 6) is 0.699. The van der Waals surface area contributed by atoms with E-state index < -0.39 is 0 Å². The SMILES string of the molecule is CCCCC1C=CC=C[C]1SC. The molecule has 0 aromatic heterocycles. The Morgan fingerprint density at radius 2 is 2.25 bits per heavy atom. The van der Waals surface area contributed by atoms with Crippen LogP contribution in [0.1, 0.15) is 26.2 Å². The topological polar surface area (TPSA) is 0 Å². The summed E-state index contributed by atoms with van der Waals surface area (Å²) in [6, 6.07) is 0. The lowest BCUT2D eigenvalue weighted by atomic mass is 9.94. The summed E-state index contributed by atoms with van der Waals surface area (Å²) in [7, 11) is 0.